The summed E-state index contributed by atoms with van der Waals surface area (Å²) in [5, 5.41) is 3.14. The van der Waals surface area contributed by atoms with Crippen molar-refractivity contribution >= 4 is 0 Å². The molecule has 106 valence electrons. The van der Waals surface area contributed by atoms with Crippen LogP contribution in [0, 0.1) is 5.82 Å². The molecule has 3 nitrogen and oxygen atoms in total. The highest BCUT2D eigenvalue weighted by atomic mass is 19.1. The highest BCUT2D eigenvalue weighted by Gasteiger charge is 2.11. The van der Waals surface area contributed by atoms with Crippen LogP contribution >= 0.6 is 0 Å². The second kappa shape index (κ2) is 7.01. The maximum Gasteiger partial charge on any atom is 0.126 e. The molecule has 1 atom stereocenters. The first-order valence-electron chi connectivity index (χ1n) is 6.69. The molecule has 20 heavy (non-hydrogen) atoms. The number of benzene rings is 1. The highest BCUT2D eigenvalue weighted by molar-refractivity contribution is 5.36. The average Bonchev–Trinajstić information content (AvgIpc) is 2.48. The van der Waals surface area contributed by atoms with Crippen LogP contribution in [0.3, 0.4) is 0 Å². The molecular formula is C16H19FN2O. The maximum absolute atomic E-state index is 13.4. The Morgan fingerprint density at radius 1 is 1.25 bits per heavy atom. The lowest BCUT2D eigenvalue weighted by molar-refractivity contribution is 0.314. The van der Waals surface area contributed by atoms with Crippen molar-refractivity contribution in [3.05, 3.63) is 59.7 Å². The van der Waals surface area contributed by atoms with E-state index >= 15 is 0 Å². The molecule has 0 aliphatic rings. The van der Waals surface area contributed by atoms with Gasteiger partial charge < -0.3 is 10.1 Å². The Morgan fingerprint density at radius 3 is 2.70 bits per heavy atom. The lowest BCUT2D eigenvalue weighted by atomic mass is 10.1. The normalized spacial score (nSPS) is 12.2. The molecule has 0 saturated heterocycles. The van der Waals surface area contributed by atoms with Gasteiger partial charge in [-0.1, -0.05) is 6.07 Å². The van der Waals surface area contributed by atoms with Gasteiger partial charge in [0.25, 0.3) is 0 Å². The van der Waals surface area contributed by atoms with E-state index in [0.717, 1.165) is 17.5 Å². The van der Waals surface area contributed by atoms with Gasteiger partial charge in [0.1, 0.15) is 11.6 Å². The zero-order valence-corrected chi connectivity index (χ0v) is 11.8. The van der Waals surface area contributed by atoms with E-state index in [9.17, 15) is 4.39 Å². The largest absolute Gasteiger partial charge is 0.493 e. The molecule has 1 unspecified atom stereocenters. The van der Waals surface area contributed by atoms with Gasteiger partial charge in [0.15, 0.2) is 0 Å². The third-order valence-electron chi connectivity index (χ3n) is 3.27. The van der Waals surface area contributed by atoms with Crippen LogP contribution in [-0.4, -0.2) is 18.6 Å². The minimum atomic E-state index is -0.282. The van der Waals surface area contributed by atoms with Crippen LogP contribution in [0.2, 0.25) is 0 Å². The van der Waals surface area contributed by atoms with Gasteiger partial charge in [-0.15, -0.1) is 0 Å². The second-order valence-electron chi connectivity index (χ2n) is 4.65. The number of hydrogen-bond donors (Lipinski definition) is 1. The number of pyridine rings is 1. The summed E-state index contributed by atoms with van der Waals surface area (Å²) in [5.74, 6) is 0.317. The topological polar surface area (TPSA) is 34.1 Å². The molecule has 0 radical (unpaired) electrons. The number of hydrogen-bond acceptors (Lipinski definition) is 3. The molecule has 0 saturated carbocycles. The third kappa shape index (κ3) is 3.78. The SMILES string of the molecule is CNC(C)c1ccc(F)cc1OCCc1ccncc1. The number of rotatable bonds is 6. The van der Waals surface area contributed by atoms with Crippen molar-refractivity contribution in [2.75, 3.05) is 13.7 Å². The summed E-state index contributed by atoms with van der Waals surface area (Å²) in [7, 11) is 1.87. The van der Waals surface area contributed by atoms with E-state index in [-0.39, 0.29) is 11.9 Å². The molecule has 2 aromatic rings. The standard InChI is InChI=1S/C16H19FN2O/c1-12(18-2)15-4-3-14(17)11-16(15)20-10-7-13-5-8-19-9-6-13/h3-6,8-9,11-12,18H,7,10H2,1-2H3. The highest BCUT2D eigenvalue weighted by Crippen LogP contribution is 2.26. The summed E-state index contributed by atoms with van der Waals surface area (Å²) in [6.07, 6.45) is 4.28. The minimum absolute atomic E-state index is 0.117. The van der Waals surface area contributed by atoms with Gasteiger partial charge in [-0.25, -0.2) is 4.39 Å². The van der Waals surface area contributed by atoms with Crippen molar-refractivity contribution in [3.8, 4) is 5.75 Å². The molecule has 0 spiro atoms. The maximum atomic E-state index is 13.4. The minimum Gasteiger partial charge on any atom is -0.493 e. The Labute approximate surface area is 118 Å². The molecule has 0 amide bonds. The summed E-state index contributed by atoms with van der Waals surface area (Å²) >= 11 is 0. The quantitative estimate of drug-likeness (QED) is 0.878. The van der Waals surface area contributed by atoms with Gasteiger partial charge in [0.05, 0.1) is 6.61 Å². The Morgan fingerprint density at radius 2 is 2.00 bits per heavy atom. The van der Waals surface area contributed by atoms with E-state index < -0.39 is 0 Å². The Kier molecular flexibility index (Phi) is 5.07. The third-order valence-corrected chi connectivity index (χ3v) is 3.27. The zero-order valence-electron chi connectivity index (χ0n) is 11.8. The number of nitrogens with zero attached hydrogens (tertiary/aromatic N) is 1. The molecule has 1 aromatic carbocycles. The summed E-state index contributed by atoms with van der Waals surface area (Å²) < 4.78 is 19.1. The van der Waals surface area contributed by atoms with Gasteiger partial charge >= 0.3 is 0 Å². The van der Waals surface area contributed by atoms with Crippen LogP contribution < -0.4 is 10.1 Å². The van der Waals surface area contributed by atoms with Crippen molar-refractivity contribution in [1.29, 1.82) is 0 Å². The van der Waals surface area contributed by atoms with Crippen molar-refractivity contribution in [2.24, 2.45) is 0 Å². The molecular weight excluding hydrogens is 255 g/mol. The first-order valence-corrected chi connectivity index (χ1v) is 6.69. The fraction of sp³-hybridized carbons (Fsp3) is 0.312. The van der Waals surface area contributed by atoms with Crippen LogP contribution in [0.5, 0.6) is 5.75 Å². The van der Waals surface area contributed by atoms with E-state index in [1.165, 1.54) is 12.1 Å². The Balaban J connectivity index is 2.03. The van der Waals surface area contributed by atoms with Crippen LogP contribution in [0.25, 0.3) is 0 Å². The van der Waals surface area contributed by atoms with Crippen molar-refractivity contribution < 1.29 is 9.13 Å². The summed E-state index contributed by atoms with van der Waals surface area (Å²) in [5.41, 5.74) is 2.11. The van der Waals surface area contributed by atoms with E-state index in [0.29, 0.717) is 12.4 Å². The van der Waals surface area contributed by atoms with Crippen molar-refractivity contribution in [1.82, 2.24) is 10.3 Å². The number of nitrogens with one attached hydrogen (secondary N) is 1. The lowest BCUT2D eigenvalue weighted by Gasteiger charge is -2.16. The predicted octanol–water partition coefficient (Wildman–Crippen LogP) is 3.12. The fourth-order valence-corrected chi connectivity index (χ4v) is 1.97. The van der Waals surface area contributed by atoms with Crippen LogP contribution in [-0.2, 0) is 6.42 Å². The van der Waals surface area contributed by atoms with E-state index in [2.05, 4.69) is 10.3 Å². The van der Waals surface area contributed by atoms with E-state index in [1.807, 2.05) is 26.1 Å². The van der Waals surface area contributed by atoms with Crippen LogP contribution in [0.4, 0.5) is 4.39 Å². The zero-order chi connectivity index (χ0) is 14.4. The van der Waals surface area contributed by atoms with Crippen molar-refractivity contribution in [3.63, 3.8) is 0 Å². The van der Waals surface area contributed by atoms with Crippen LogP contribution in [0.15, 0.2) is 42.7 Å². The molecule has 2 rings (SSSR count). The van der Waals surface area contributed by atoms with Crippen LogP contribution in [0.1, 0.15) is 24.1 Å². The number of halogens is 1. The monoisotopic (exact) mass is 274 g/mol. The summed E-state index contributed by atoms with van der Waals surface area (Å²) in [6, 6.07) is 8.68. The number of ether oxygens (including phenoxy) is 1. The predicted molar refractivity (Wildman–Crippen MR) is 77.3 cm³/mol. The van der Waals surface area contributed by atoms with Crippen molar-refractivity contribution in [2.45, 2.75) is 19.4 Å². The summed E-state index contributed by atoms with van der Waals surface area (Å²) in [6.45, 7) is 2.53. The number of aromatic nitrogens is 1. The van der Waals surface area contributed by atoms with Gasteiger partial charge in [0.2, 0.25) is 0 Å². The molecule has 0 bridgehead atoms. The fourth-order valence-electron chi connectivity index (χ4n) is 1.97. The Hall–Kier alpha value is -1.94. The van der Waals surface area contributed by atoms with Gasteiger partial charge in [-0.2, -0.15) is 0 Å². The first-order chi connectivity index (χ1) is 9.70. The molecule has 0 aliphatic heterocycles. The lowest BCUT2D eigenvalue weighted by Crippen LogP contribution is -2.14. The Bertz CT molecular complexity index is 545. The van der Waals surface area contributed by atoms with Gasteiger partial charge in [-0.3, -0.25) is 4.98 Å². The first kappa shape index (κ1) is 14.5. The molecule has 4 heteroatoms. The molecule has 1 aromatic heterocycles. The van der Waals surface area contributed by atoms with E-state index in [4.69, 9.17) is 4.74 Å². The molecule has 0 fully saturated rings. The van der Waals surface area contributed by atoms with E-state index in [1.54, 1.807) is 18.5 Å². The molecule has 1 heterocycles. The second-order valence-corrected chi connectivity index (χ2v) is 4.65. The molecule has 1 N–H and O–H groups in total. The average molecular weight is 274 g/mol. The van der Waals surface area contributed by atoms with Gasteiger partial charge in [0, 0.05) is 36.5 Å². The molecule has 0 aliphatic carbocycles. The van der Waals surface area contributed by atoms with Gasteiger partial charge in [-0.05, 0) is 37.7 Å². The smallest absolute Gasteiger partial charge is 0.126 e. The summed E-state index contributed by atoms with van der Waals surface area (Å²) in [4.78, 5) is 3.97.